The molecule has 2 amide bonds. The van der Waals surface area contributed by atoms with E-state index in [4.69, 9.17) is 5.11 Å². The third-order valence-corrected chi connectivity index (χ3v) is 2.95. The van der Waals surface area contributed by atoms with E-state index in [9.17, 15) is 9.59 Å². The Bertz CT molecular complexity index is 724. The summed E-state index contributed by atoms with van der Waals surface area (Å²) in [4.78, 5) is 26.2. The van der Waals surface area contributed by atoms with Crippen molar-refractivity contribution in [2.45, 2.75) is 6.92 Å². The summed E-state index contributed by atoms with van der Waals surface area (Å²) >= 11 is 0. The lowest BCUT2D eigenvalue weighted by molar-refractivity contribution is -0.115. The number of nitrogens with one attached hydrogen (secondary N) is 2. The highest BCUT2D eigenvalue weighted by molar-refractivity contribution is 5.93. The molecule has 118 valence electrons. The van der Waals surface area contributed by atoms with E-state index in [1.807, 2.05) is 54.7 Å². The van der Waals surface area contributed by atoms with Gasteiger partial charge in [-0.05, 0) is 42.8 Å². The summed E-state index contributed by atoms with van der Waals surface area (Å²) in [5.74, 6) is -0.417. The predicted octanol–water partition coefficient (Wildman–Crippen LogP) is 2.77. The van der Waals surface area contributed by atoms with Gasteiger partial charge in [-0.15, -0.1) is 0 Å². The molecule has 3 N–H and O–H groups in total. The number of carbonyl (C=O) groups excluding carboxylic acids is 1. The lowest BCUT2D eigenvalue weighted by Gasteiger charge is -2.05. The fourth-order valence-electron chi connectivity index (χ4n) is 1.88. The summed E-state index contributed by atoms with van der Waals surface area (Å²) in [6.07, 6.45) is 2.61. The molecule has 2 rings (SSSR count). The molecule has 23 heavy (non-hydrogen) atoms. The first kappa shape index (κ1) is 16.2. The Kier molecular flexibility index (Phi) is 5.46. The van der Waals surface area contributed by atoms with Gasteiger partial charge >= 0.3 is 6.09 Å². The molecule has 0 radical (unpaired) electrons. The van der Waals surface area contributed by atoms with E-state index < -0.39 is 12.0 Å². The van der Waals surface area contributed by atoms with Gasteiger partial charge in [0, 0.05) is 11.4 Å². The summed E-state index contributed by atoms with van der Waals surface area (Å²) in [7, 11) is 0. The zero-order valence-corrected chi connectivity index (χ0v) is 12.6. The number of amides is 2. The second-order valence-corrected chi connectivity index (χ2v) is 4.87. The highest BCUT2D eigenvalue weighted by Crippen LogP contribution is 2.12. The van der Waals surface area contributed by atoms with Crippen LogP contribution in [0.4, 0.5) is 10.5 Å². The smallest absolute Gasteiger partial charge is 0.405 e. The minimum absolute atomic E-state index is 0.282. The number of pyridine rings is 1. The lowest BCUT2D eigenvalue weighted by Crippen LogP contribution is -2.31. The summed E-state index contributed by atoms with van der Waals surface area (Å²) in [6, 6.07) is 13.0. The molecule has 0 fully saturated rings. The Morgan fingerprint density at radius 1 is 1.13 bits per heavy atom. The third-order valence-electron chi connectivity index (χ3n) is 2.95. The molecule has 6 nitrogen and oxygen atoms in total. The van der Waals surface area contributed by atoms with Crippen molar-refractivity contribution in [2.75, 3.05) is 11.9 Å². The van der Waals surface area contributed by atoms with Crippen LogP contribution in [0.25, 0.3) is 12.2 Å². The maximum Gasteiger partial charge on any atom is 0.405 e. The fraction of sp³-hybridized carbons (Fsp3) is 0.118. The number of carboxylic acid groups (broad SMARTS) is 1. The zero-order chi connectivity index (χ0) is 16.7. The van der Waals surface area contributed by atoms with Crippen LogP contribution in [0, 0.1) is 6.92 Å². The van der Waals surface area contributed by atoms with Gasteiger partial charge in [-0.2, -0.15) is 0 Å². The van der Waals surface area contributed by atoms with Gasteiger partial charge < -0.3 is 15.7 Å². The molecule has 0 aliphatic rings. The van der Waals surface area contributed by atoms with Gasteiger partial charge in [0.2, 0.25) is 5.91 Å². The molecule has 6 heteroatoms. The van der Waals surface area contributed by atoms with Crippen molar-refractivity contribution in [2.24, 2.45) is 0 Å². The van der Waals surface area contributed by atoms with E-state index in [1.165, 1.54) is 0 Å². The SMILES string of the molecule is Cc1cccc(C=Cc2ccc(NC(=O)CNC(=O)O)cc2)n1. The molecule has 2 aromatic rings. The molecule has 0 aliphatic heterocycles. The van der Waals surface area contributed by atoms with Crippen LogP contribution < -0.4 is 10.6 Å². The lowest BCUT2D eigenvalue weighted by atomic mass is 10.1. The van der Waals surface area contributed by atoms with Gasteiger partial charge in [-0.25, -0.2) is 4.79 Å². The Hall–Kier alpha value is -3.15. The van der Waals surface area contributed by atoms with Gasteiger partial charge in [0.15, 0.2) is 0 Å². The monoisotopic (exact) mass is 311 g/mol. The third kappa shape index (κ3) is 5.62. The average molecular weight is 311 g/mol. The highest BCUT2D eigenvalue weighted by Gasteiger charge is 2.03. The van der Waals surface area contributed by atoms with Crippen molar-refractivity contribution >= 4 is 29.8 Å². The topological polar surface area (TPSA) is 91.3 Å². The van der Waals surface area contributed by atoms with Gasteiger partial charge in [0.25, 0.3) is 0 Å². The molecular weight excluding hydrogens is 294 g/mol. The first-order chi connectivity index (χ1) is 11.0. The number of rotatable bonds is 5. The molecule has 0 spiro atoms. The Morgan fingerprint density at radius 3 is 2.52 bits per heavy atom. The second-order valence-electron chi connectivity index (χ2n) is 4.87. The van der Waals surface area contributed by atoms with Gasteiger partial charge in [-0.1, -0.05) is 24.3 Å². The Labute approximate surface area is 133 Å². The second kappa shape index (κ2) is 7.74. The van der Waals surface area contributed by atoms with Crippen molar-refractivity contribution in [3.8, 4) is 0 Å². The molecule has 1 heterocycles. The molecule has 0 unspecified atom stereocenters. The molecule has 1 aromatic heterocycles. The number of aryl methyl sites for hydroxylation is 1. The first-order valence-corrected chi connectivity index (χ1v) is 7.01. The van der Waals surface area contributed by atoms with Gasteiger partial charge in [-0.3, -0.25) is 9.78 Å². The maximum atomic E-state index is 11.5. The van der Waals surface area contributed by atoms with E-state index in [0.29, 0.717) is 5.69 Å². The van der Waals surface area contributed by atoms with E-state index in [2.05, 4.69) is 10.3 Å². The van der Waals surface area contributed by atoms with Crippen molar-refractivity contribution in [3.63, 3.8) is 0 Å². The number of hydrogen-bond donors (Lipinski definition) is 3. The predicted molar refractivity (Wildman–Crippen MR) is 89.0 cm³/mol. The summed E-state index contributed by atoms with van der Waals surface area (Å²) < 4.78 is 0. The van der Waals surface area contributed by atoms with Crippen LogP contribution in [-0.2, 0) is 4.79 Å². The number of hydrogen-bond acceptors (Lipinski definition) is 3. The van der Waals surface area contributed by atoms with Crippen LogP contribution >= 0.6 is 0 Å². The molecule has 0 atom stereocenters. The molecule has 0 saturated carbocycles. The minimum atomic E-state index is -1.23. The number of anilines is 1. The fourth-order valence-corrected chi connectivity index (χ4v) is 1.88. The zero-order valence-electron chi connectivity index (χ0n) is 12.6. The van der Waals surface area contributed by atoms with Crippen LogP contribution in [0.5, 0.6) is 0 Å². The number of aromatic nitrogens is 1. The van der Waals surface area contributed by atoms with Crippen LogP contribution in [0.15, 0.2) is 42.5 Å². The van der Waals surface area contributed by atoms with E-state index >= 15 is 0 Å². The quantitative estimate of drug-likeness (QED) is 0.792. The van der Waals surface area contributed by atoms with Crippen LogP contribution in [-0.4, -0.2) is 28.6 Å². The molecule has 0 aliphatic carbocycles. The minimum Gasteiger partial charge on any atom is -0.465 e. The Morgan fingerprint density at radius 2 is 1.87 bits per heavy atom. The number of carbonyl (C=O) groups is 2. The van der Waals surface area contributed by atoms with E-state index in [1.54, 1.807) is 12.1 Å². The molecule has 1 aromatic carbocycles. The number of nitrogens with zero attached hydrogens (tertiary/aromatic N) is 1. The van der Waals surface area contributed by atoms with Crippen LogP contribution in [0.3, 0.4) is 0 Å². The van der Waals surface area contributed by atoms with Crippen molar-refractivity contribution < 1.29 is 14.7 Å². The van der Waals surface area contributed by atoms with Crippen molar-refractivity contribution in [1.82, 2.24) is 10.3 Å². The first-order valence-electron chi connectivity index (χ1n) is 7.01. The van der Waals surface area contributed by atoms with Gasteiger partial charge in [0.1, 0.15) is 6.54 Å². The standard InChI is InChI=1S/C17H17N3O3/c1-12-3-2-4-14(19-12)8-5-13-6-9-15(10-7-13)20-16(21)11-18-17(22)23/h2-10,18H,11H2,1H3,(H,20,21)(H,22,23). The number of benzene rings is 1. The highest BCUT2D eigenvalue weighted by atomic mass is 16.4. The summed E-state index contributed by atoms with van der Waals surface area (Å²) in [5, 5.41) is 13.0. The normalized spacial score (nSPS) is 10.5. The largest absolute Gasteiger partial charge is 0.465 e. The average Bonchev–Trinajstić information content (AvgIpc) is 2.52. The van der Waals surface area contributed by atoms with E-state index in [0.717, 1.165) is 17.0 Å². The molecule has 0 saturated heterocycles. The molecular formula is C17H17N3O3. The van der Waals surface area contributed by atoms with Crippen LogP contribution in [0.1, 0.15) is 17.0 Å². The maximum absolute atomic E-state index is 11.5. The summed E-state index contributed by atoms with van der Waals surface area (Å²) in [5.41, 5.74) is 3.41. The van der Waals surface area contributed by atoms with E-state index in [-0.39, 0.29) is 6.54 Å². The van der Waals surface area contributed by atoms with Gasteiger partial charge in [0.05, 0.1) is 5.69 Å². The Balaban J connectivity index is 1.94. The molecule has 0 bridgehead atoms. The van der Waals surface area contributed by atoms with Crippen molar-refractivity contribution in [3.05, 3.63) is 59.4 Å². The van der Waals surface area contributed by atoms with Crippen LogP contribution in [0.2, 0.25) is 0 Å². The van der Waals surface area contributed by atoms with Crippen molar-refractivity contribution in [1.29, 1.82) is 0 Å². The summed E-state index contributed by atoms with van der Waals surface area (Å²) in [6.45, 7) is 1.66.